The summed E-state index contributed by atoms with van der Waals surface area (Å²) < 4.78 is 0. The standard InChI is InChI=1S/C13H17NO2/c14-12(13(15)16)8-10-6-3-5-9-4-1-2-7-11(9)10/h1-2,4,7,10,12H,3,5-6,8,14H2,(H,15,16)/t10?,12-/m0/s1. The predicted octanol–water partition coefficient (Wildman–Crippen LogP) is 1.91. The summed E-state index contributed by atoms with van der Waals surface area (Å²) in [6.45, 7) is 0. The van der Waals surface area contributed by atoms with Gasteiger partial charge in [0, 0.05) is 0 Å². The molecule has 0 aromatic heterocycles. The van der Waals surface area contributed by atoms with E-state index < -0.39 is 12.0 Å². The van der Waals surface area contributed by atoms with Gasteiger partial charge in [0.15, 0.2) is 0 Å². The van der Waals surface area contributed by atoms with Gasteiger partial charge in [0.05, 0.1) is 0 Å². The van der Waals surface area contributed by atoms with Crippen LogP contribution in [0.1, 0.15) is 36.3 Å². The Morgan fingerprint density at radius 1 is 1.50 bits per heavy atom. The van der Waals surface area contributed by atoms with Crippen LogP contribution < -0.4 is 5.73 Å². The summed E-state index contributed by atoms with van der Waals surface area (Å²) in [4.78, 5) is 10.8. The van der Waals surface area contributed by atoms with E-state index in [4.69, 9.17) is 10.8 Å². The lowest BCUT2D eigenvalue weighted by Crippen LogP contribution is -2.32. The normalized spacial score (nSPS) is 21.2. The van der Waals surface area contributed by atoms with Crippen molar-refractivity contribution in [2.75, 3.05) is 0 Å². The molecule has 1 aliphatic carbocycles. The Kier molecular flexibility index (Phi) is 3.25. The summed E-state index contributed by atoms with van der Waals surface area (Å²) >= 11 is 0. The Bertz CT molecular complexity index is 389. The molecule has 0 saturated heterocycles. The monoisotopic (exact) mass is 219 g/mol. The van der Waals surface area contributed by atoms with Gasteiger partial charge in [-0.3, -0.25) is 4.79 Å². The van der Waals surface area contributed by atoms with Crippen LogP contribution in [0.15, 0.2) is 24.3 Å². The number of carboxylic acids is 1. The quantitative estimate of drug-likeness (QED) is 0.816. The molecule has 0 bridgehead atoms. The van der Waals surface area contributed by atoms with Crippen molar-refractivity contribution in [3.8, 4) is 0 Å². The number of hydrogen-bond donors (Lipinski definition) is 2. The van der Waals surface area contributed by atoms with E-state index in [-0.39, 0.29) is 0 Å². The van der Waals surface area contributed by atoms with Crippen LogP contribution in [0.4, 0.5) is 0 Å². The van der Waals surface area contributed by atoms with Gasteiger partial charge in [-0.1, -0.05) is 24.3 Å². The van der Waals surface area contributed by atoms with Gasteiger partial charge >= 0.3 is 5.97 Å². The first-order chi connectivity index (χ1) is 7.68. The molecule has 3 nitrogen and oxygen atoms in total. The maximum absolute atomic E-state index is 10.8. The lowest BCUT2D eigenvalue weighted by Gasteiger charge is -2.26. The maximum atomic E-state index is 10.8. The number of carbonyl (C=O) groups is 1. The predicted molar refractivity (Wildman–Crippen MR) is 62.3 cm³/mol. The second-order valence-electron chi connectivity index (χ2n) is 4.47. The van der Waals surface area contributed by atoms with Crippen molar-refractivity contribution in [1.29, 1.82) is 0 Å². The number of benzene rings is 1. The van der Waals surface area contributed by atoms with Crippen molar-refractivity contribution in [2.24, 2.45) is 5.73 Å². The van der Waals surface area contributed by atoms with Crippen molar-refractivity contribution < 1.29 is 9.90 Å². The molecule has 3 heteroatoms. The van der Waals surface area contributed by atoms with Gasteiger partial charge < -0.3 is 10.8 Å². The van der Waals surface area contributed by atoms with Gasteiger partial charge in [-0.25, -0.2) is 0 Å². The van der Waals surface area contributed by atoms with Crippen molar-refractivity contribution in [3.05, 3.63) is 35.4 Å². The maximum Gasteiger partial charge on any atom is 0.320 e. The van der Waals surface area contributed by atoms with E-state index in [1.165, 1.54) is 11.1 Å². The molecule has 0 spiro atoms. The molecule has 1 unspecified atom stereocenters. The minimum absolute atomic E-state index is 0.316. The molecule has 0 amide bonds. The molecular weight excluding hydrogens is 202 g/mol. The minimum Gasteiger partial charge on any atom is -0.480 e. The number of carboxylic acid groups (broad SMARTS) is 1. The highest BCUT2D eigenvalue weighted by Gasteiger charge is 2.24. The molecule has 16 heavy (non-hydrogen) atoms. The smallest absolute Gasteiger partial charge is 0.320 e. The second-order valence-corrected chi connectivity index (χ2v) is 4.47. The van der Waals surface area contributed by atoms with E-state index in [1.807, 2.05) is 12.1 Å². The first-order valence-corrected chi connectivity index (χ1v) is 5.74. The van der Waals surface area contributed by atoms with E-state index >= 15 is 0 Å². The number of aliphatic carboxylic acids is 1. The summed E-state index contributed by atoms with van der Waals surface area (Å²) in [6, 6.07) is 7.56. The van der Waals surface area contributed by atoms with E-state index in [0.717, 1.165) is 19.3 Å². The summed E-state index contributed by atoms with van der Waals surface area (Å²) in [6.07, 6.45) is 3.84. The van der Waals surface area contributed by atoms with Gasteiger partial charge in [-0.15, -0.1) is 0 Å². The Morgan fingerprint density at radius 2 is 2.25 bits per heavy atom. The average molecular weight is 219 g/mol. The largest absolute Gasteiger partial charge is 0.480 e. The summed E-state index contributed by atoms with van der Waals surface area (Å²) in [5.74, 6) is -0.584. The molecule has 3 N–H and O–H groups in total. The van der Waals surface area contributed by atoms with E-state index in [0.29, 0.717) is 12.3 Å². The zero-order valence-electron chi connectivity index (χ0n) is 9.23. The van der Waals surface area contributed by atoms with Crippen molar-refractivity contribution in [1.82, 2.24) is 0 Å². The van der Waals surface area contributed by atoms with Crippen LogP contribution >= 0.6 is 0 Å². The number of aryl methyl sites for hydroxylation is 1. The summed E-state index contributed by atoms with van der Waals surface area (Å²) in [5, 5.41) is 8.84. The Labute approximate surface area is 95.3 Å². The van der Waals surface area contributed by atoms with Gasteiger partial charge in [0.1, 0.15) is 6.04 Å². The molecule has 0 heterocycles. The first-order valence-electron chi connectivity index (χ1n) is 5.74. The van der Waals surface area contributed by atoms with Crippen molar-refractivity contribution in [2.45, 2.75) is 37.6 Å². The zero-order valence-corrected chi connectivity index (χ0v) is 9.23. The molecule has 2 rings (SSSR count). The van der Waals surface area contributed by atoms with Gasteiger partial charge in [0.2, 0.25) is 0 Å². The Hall–Kier alpha value is -1.35. The van der Waals surface area contributed by atoms with Gasteiger partial charge in [0.25, 0.3) is 0 Å². The highest BCUT2D eigenvalue weighted by Crippen LogP contribution is 2.34. The highest BCUT2D eigenvalue weighted by atomic mass is 16.4. The molecule has 1 aromatic carbocycles. The molecule has 0 saturated carbocycles. The number of fused-ring (bicyclic) bond motifs is 1. The van der Waals surface area contributed by atoms with Crippen LogP contribution in [0.3, 0.4) is 0 Å². The lowest BCUT2D eigenvalue weighted by atomic mass is 9.80. The fraction of sp³-hybridized carbons (Fsp3) is 0.462. The molecule has 86 valence electrons. The Morgan fingerprint density at radius 3 is 3.00 bits per heavy atom. The van der Waals surface area contributed by atoms with Crippen LogP contribution in [0.5, 0.6) is 0 Å². The molecule has 2 atom stereocenters. The summed E-state index contributed by atoms with van der Waals surface area (Å²) in [5.41, 5.74) is 8.26. The van der Waals surface area contributed by atoms with E-state index in [9.17, 15) is 4.79 Å². The van der Waals surface area contributed by atoms with Crippen LogP contribution in [0, 0.1) is 0 Å². The number of rotatable bonds is 3. The van der Waals surface area contributed by atoms with Crippen LogP contribution in [0.2, 0.25) is 0 Å². The Balaban J connectivity index is 2.16. The molecule has 1 aliphatic rings. The highest BCUT2D eigenvalue weighted by molar-refractivity contribution is 5.73. The third kappa shape index (κ3) is 2.25. The van der Waals surface area contributed by atoms with Crippen LogP contribution in [-0.4, -0.2) is 17.1 Å². The third-order valence-electron chi connectivity index (χ3n) is 3.35. The fourth-order valence-corrected chi connectivity index (χ4v) is 2.51. The molecule has 0 aliphatic heterocycles. The van der Waals surface area contributed by atoms with Crippen LogP contribution in [-0.2, 0) is 11.2 Å². The van der Waals surface area contributed by atoms with Crippen molar-refractivity contribution >= 4 is 5.97 Å². The lowest BCUT2D eigenvalue weighted by molar-refractivity contribution is -0.138. The third-order valence-corrected chi connectivity index (χ3v) is 3.35. The number of hydrogen-bond acceptors (Lipinski definition) is 2. The molecule has 1 aromatic rings. The molecule has 0 radical (unpaired) electrons. The minimum atomic E-state index is -0.900. The SMILES string of the molecule is N[C@@H](CC1CCCc2ccccc21)C(=O)O. The zero-order chi connectivity index (χ0) is 11.5. The average Bonchev–Trinajstić information content (AvgIpc) is 2.29. The fourth-order valence-electron chi connectivity index (χ4n) is 2.51. The van der Waals surface area contributed by atoms with Crippen molar-refractivity contribution in [3.63, 3.8) is 0 Å². The summed E-state index contributed by atoms with van der Waals surface area (Å²) in [7, 11) is 0. The topological polar surface area (TPSA) is 63.3 Å². The van der Waals surface area contributed by atoms with Gasteiger partial charge in [-0.2, -0.15) is 0 Å². The van der Waals surface area contributed by atoms with Gasteiger partial charge in [-0.05, 0) is 42.7 Å². The van der Waals surface area contributed by atoms with Crippen LogP contribution in [0.25, 0.3) is 0 Å². The van der Waals surface area contributed by atoms with E-state index in [2.05, 4.69) is 12.1 Å². The number of nitrogens with two attached hydrogens (primary N) is 1. The van der Waals surface area contributed by atoms with E-state index in [1.54, 1.807) is 0 Å². The first kappa shape index (κ1) is 11.1. The molecule has 0 fully saturated rings. The second kappa shape index (κ2) is 4.66. The molecular formula is C13H17NO2.